The van der Waals surface area contributed by atoms with Crippen molar-refractivity contribution < 1.29 is 47.4 Å². The molecular formula is C7H11O3Y-. The largest absolute Gasteiger partial charge is 0.541 e. The topological polar surface area (TPSA) is 54.4 Å². The van der Waals surface area contributed by atoms with Crippen LogP contribution in [0.25, 0.3) is 0 Å². The summed E-state index contributed by atoms with van der Waals surface area (Å²) in [6.45, 7) is 2.76. The van der Waals surface area contributed by atoms with Crippen LogP contribution in [0.4, 0.5) is 0 Å². The van der Waals surface area contributed by atoms with Crippen LogP contribution in [-0.4, -0.2) is 23.8 Å². The molecule has 0 aliphatic carbocycles. The molecule has 0 saturated heterocycles. The molecule has 11 heavy (non-hydrogen) atoms. The summed E-state index contributed by atoms with van der Waals surface area (Å²) in [5.41, 5.74) is -1.05. The van der Waals surface area contributed by atoms with Crippen LogP contribution in [0, 0.1) is 5.41 Å². The molecule has 0 amide bonds. The Morgan fingerprint density at radius 1 is 1.55 bits per heavy atom. The molecule has 0 spiro atoms. The van der Waals surface area contributed by atoms with Gasteiger partial charge >= 0.3 is 0 Å². The van der Waals surface area contributed by atoms with E-state index in [9.17, 15) is 9.59 Å². The molecule has 0 aromatic rings. The molecule has 0 rings (SSSR count). The molecule has 0 aromatic carbocycles. The number of hydrogen-bond acceptors (Lipinski definition) is 3. The molecule has 61 valence electrons. The average molecular weight is 232 g/mol. The van der Waals surface area contributed by atoms with Gasteiger partial charge in [-0.15, -0.1) is 0 Å². The summed E-state index contributed by atoms with van der Waals surface area (Å²) >= 11 is 0. The first-order valence-electron chi connectivity index (χ1n) is 3.08. The van der Waals surface area contributed by atoms with Gasteiger partial charge in [-0.05, 0) is 0 Å². The minimum absolute atomic E-state index is 0. The van der Waals surface area contributed by atoms with Crippen molar-refractivity contribution in [1.29, 1.82) is 0 Å². The molecule has 0 aliphatic heterocycles. The van der Waals surface area contributed by atoms with E-state index in [1.807, 2.05) is 0 Å². The number of rotatable bonds is 4. The van der Waals surface area contributed by atoms with E-state index in [2.05, 4.69) is 0 Å². The average Bonchev–Trinajstić information content (AvgIpc) is 1.89. The number of hydrogen-bond donors (Lipinski definition) is 1. The minimum Gasteiger partial charge on any atom is -0.541 e. The van der Waals surface area contributed by atoms with Gasteiger partial charge in [0.15, 0.2) is 0 Å². The Morgan fingerprint density at radius 2 is 2.00 bits per heavy atom. The number of carbonyl (C=O) groups excluding carboxylic acids is 2. The summed E-state index contributed by atoms with van der Waals surface area (Å²) in [4.78, 5) is 21.0. The predicted octanol–water partition coefficient (Wildman–Crippen LogP) is 0.0713. The second-order valence-electron chi connectivity index (χ2n) is 2.62. The standard InChI is InChI=1S/C7H11O3.Y/c1-7(2,5-9)6(10)3-4-8;/h8H,3-4H2,1-2H3;/q-1;. The van der Waals surface area contributed by atoms with Gasteiger partial charge in [-0.1, -0.05) is 19.3 Å². The van der Waals surface area contributed by atoms with Gasteiger partial charge in [0.25, 0.3) is 0 Å². The molecule has 0 heterocycles. The Morgan fingerprint density at radius 3 is 2.27 bits per heavy atom. The first-order valence-corrected chi connectivity index (χ1v) is 3.08. The Kier molecular flexibility index (Phi) is 7.59. The number of carbonyl (C=O) groups is 1. The Labute approximate surface area is 91.4 Å². The fourth-order valence-corrected chi connectivity index (χ4v) is 0.471. The fraction of sp³-hybridized carbons (Fsp3) is 0.714. The van der Waals surface area contributed by atoms with Crippen LogP contribution >= 0.6 is 0 Å². The van der Waals surface area contributed by atoms with E-state index >= 15 is 0 Å². The molecule has 0 fully saturated rings. The molecule has 1 N–H and O–H groups in total. The van der Waals surface area contributed by atoms with Gasteiger partial charge in [-0.25, -0.2) is 0 Å². The molecule has 0 saturated carbocycles. The van der Waals surface area contributed by atoms with Gasteiger partial charge in [0.05, 0.1) is 0 Å². The normalized spacial score (nSPS) is 10.1. The van der Waals surface area contributed by atoms with E-state index < -0.39 is 5.41 Å². The van der Waals surface area contributed by atoms with E-state index in [1.165, 1.54) is 13.8 Å². The van der Waals surface area contributed by atoms with Crippen molar-refractivity contribution >= 4 is 12.1 Å². The molecule has 3 nitrogen and oxygen atoms in total. The third kappa shape index (κ3) is 4.78. The second-order valence-corrected chi connectivity index (χ2v) is 2.62. The van der Waals surface area contributed by atoms with Gasteiger partial charge in [-0.2, -0.15) is 0 Å². The Hall–Kier alpha value is 0.404. The first-order chi connectivity index (χ1) is 4.54. The summed E-state index contributed by atoms with van der Waals surface area (Å²) in [7, 11) is 0. The third-order valence-corrected chi connectivity index (χ3v) is 1.29. The van der Waals surface area contributed by atoms with E-state index in [1.54, 1.807) is 6.29 Å². The van der Waals surface area contributed by atoms with Crippen LogP contribution in [0.5, 0.6) is 0 Å². The molecule has 0 unspecified atom stereocenters. The van der Waals surface area contributed by atoms with Crippen molar-refractivity contribution in [3.8, 4) is 0 Å². The zero-order valence-corrected chi connectivity index (χ0v) is 9.59. The molecule has 1 radical (unpaired) electrons. The SMILES string of the molecule is CC(C)([C-]=O)C(=O)CCO.[Y]. The number of Topliss-reactive ketones (excluding diaryl/α,β-unsaturated/α-hetero) is 1. The maximum atomic E-state index is 10.9. The van der Waals surface area contributed by atoms with Crippen molar-refractivity contribution in [3.63, 3.8) is 0 Å². The van der Waals surface area contributed by atoms with Gasteiger partial charge in [0.1, 0.15) is 5.78 Å². The minimum atomic E-state index is -1.05. The predicted molar refractivity (Wildman–Crippen MR) is 36.2 cm³/mol. The molecule has 0 aliphatic rings. The summed E-state index contributed by atoms with van der Waals surface area (Å²) in [6, 6.07) is 0. The van der Waals surface area contributed by atoms with E-state index in [0.717, 1.165) is 0 Å². The van der Waals surface area contributed by atoms with Crippen molar-refractivity contribution in [2.75, 3.05) is 6.61 Å². The van der Waals surface area contributed by atoms with Crippen LogP contribution in [0.15, 0.2) is 0 Å². The maximum Gasteiger partial charge on any atom is 0.114 e. The van der Waals surface area contributed by atoms with E-state index in [4.69, 9.17) is 5.11 Å². The van der Waals surface area contributed by atoms with Crippen molar-refractivity contribution in [3.05, 3.63) is 0 Å². The van der Waals surface area contributed by atoms with Crippen molar-refractivity contribution in [1.82, 2.24) is 0 Å². The summed E-state index contributed by atoms with van der Waals surface area (Å²) < 4.78 is 0. The zero-order chi connectivity index (χ0) is 8.20. The molecule has 0 bridgehead atoms. The van der Waals surface area contributed by atoms with E-state index in [-0.39, 0.29) is 51.5 Å². The molecule has 0 atom stereocenters. The third-order valence-electron chi connectivity index (χ3n) is 1.29. The number of aliphatic hydroxyl groups is 1. The second kappa shape index (κ2) is 5.98. The Bertz CT molecular complexity index is 143. The summed E-state index contributed by atoms with van der Waals surface area (Å²) in [5.74, 6) is -0.273. The maximum absolute atomic E-state index is 10.9. The number of aliphatic hydroxyl groups excluding tert-OH is 1. The van der Waals surface area contributed by atoms with Gasteiger partial charge in [0, 0.05) is 45.7 Å². The Balaban J connectivity index is 0. The van der Waals surface area contributed by atoms with Crippen LogP contribution in [0.2, 0.25) is 0 Å². The smallest absolute Gasteiger partial charge is 0.114 e. The molecular weight excluding hydrogens is 221 g/mol. The first kappa shape index (κ1) is 14.0. The number of ketones is 1. The van der Waals surface area contributed by atoms with Crippen molar-refractivity contribution in [2.24, 2.45) is 5.41 Å². The van der Waals surface area contributed by atoms with Crippen LogP contribution in [0.1, 0.15) is 20.3 Å². The molecule has 0 aromatic heterocycles. The van der Waals surface area contributed by atoms with Crippen LogP contribution in [0.3, 0.4) is 0 Å². The van der Waals surface area contributed by atoms with Crippen LogP contribution < -0.4 is 0 Å². The van der Waals surface area contributed by atoms with Gasteiger partial charge in [-0.3, -0.25) is 6.29 Å². The zero-order valence-electron chi connectivity index (χ0n) is 6.76. The molecule has 4 heteroatoms. The summed E-state index contributed by atoms with van der Waals surface area (Å²) in [6.07, 6.45) is 1.65. The quantitative estimate of drug-likeness (QED) is 0.551. The van der Waals surface area contributed by atoms with Gasteiger partial charge < -0.3 is 14.7 Å². The van der Waals surface area contributed by atoms with Gasteiger partial charge in [0.2, 0.25) is 0 Å². The fourth-order valence-electron chi connectivity index (χ4n) is 0.471. The monoisotopic (exact) mass is 232 g/mol. The van der Waals surface area contributed by atoms with Crippen LogP contribution in [-0.2, 0) is 42.3 Å². The van der Waals surface area contributed by atoms with Crippen molar-refractivity contribution in [2.45, 2.75) is 20.3 Å². The summed E-state index contributed by atoms with van der Waals surface area (Å²) in [5, 5.41) is 8.34. The van der Waals surface area contributed by atoms with E-state index in [0.29, 0.717) is 0 Å².